The Hall–Kier alpha value is -0.650. The van der Waals surface area contributed by atoms with Crippen molar-refractivity contribution >= 4 is 28.6 Å². The van der Waals surface area contributed by atoms with Crippen molar-refractivity contribution in [2.75, 3.05) is 4.43 Å². The van der Waals surface area contributed by atoms with Crippen molar-refractivity contribution in [1.29, 1.82) is 0 Å². The first kappa shape index (κ1) is 11.8. The van der Waals surface area contributed by atoms with E-state index in [4.69, 9.17) is 4.74 Å². The molecule has 0 bridgehead atoms. The minimum Gasteiger partial charge on any atom is -0.453 e. The lowest BCUT2D eigenvalue weighted by Gasteiger charge is -2.35. The van der Waals surface area contributed by atoms with Crippen LogP contribution in [0, 0.1) is 5.82 Å². The quantitative estimate of drug-likeness (QED) is 0.472. The molecule has 1 fully saturated rings. The van der Waals surface area contributed by atoms with Crippen molar-refractivity contribution in [3.05, 3.63) is 35.6 Å². The summed E-state index contributed by atoms with van der Waals surface area (Å²) >= 11 is 2.21. The van der Waals surface area contributed by atoms with Gasteiger partial charge in [0, 0.05) is 10.8 Å². The van der Waals surface area contributed by atoms with Gasteiger partial charge in [0.1, 0.15) is 11.4 Å². The molecule has 1 aromatic rings. The van der Waals surface area contributed by atoms with Gasteiger partial charge in [-0.15, -0.1) is 0 Å². The van der Waals surface area contributed by atoms with Gasteiger partial charge in [-0.2, -0.15) is 0 Å². The SMILES string of the molecule is O=C1CCC[C@@](CI)(c2ccc(F)cc2)O1. The molecule has 1 saturated heterocycles. The monoisotopic (exact) mass is 334 g/mol. The summed E-state index contributed by atoms with van der Waals surface area (Å²) in [6.07, 6.45) is 2.13. The Morgan fingerprint density at radius 2 is 2.06 bits per heavy atom. The van der Waals surface area contributed by atoms with Gasteiger partial charge in [0.15, 0.2) is 0 Å². The molecule has 2 nitrogen and oxygen atoms in total. The highest BCUT2D eigenvalue weighted by Gasteiger charge is 2.38. The maximum atomic E-state index is 12.8. The topological polar surface area (TPSA) is 26.3 Å². The van der Waals surface area contributed by atoms with Crippen LogP contribution in [0.3, 0.4) is 0 Å². The Morgan fingerprint density at radius 3 is 2.62 bits per heavy atom. The van der Waals surface area contributed by atoms with Gasteiger partial charge < -0.3 is 4.74 Å². The van der Waals surface area contributed by atoms with E-state index in [-0.39, 0.29) is 11.8 Å². The second kappa shape index (κ2) is 4.69. The summed E-state index contributed by atoms with van der Waals surface area (Å²) in [4.78, 5) is 11.4. The van der Waals surface area contributed by atoms with Crippen LogP contribution in [0.1, 0.15) is 24.8 Å². The van der Waals surface area contributed by atoms with Gasteiger partial charge in [-0.25, -0.2) is 4.39 Å². The molecule has 1 aliphatic rings. The summed E-state index contributed by atoms with van der Waals surface area (Å²) in [5.74, 6) is -0.429. The van der Waals surface area contributed by atoms with Crippen LogP contribution in [0.4, 0.5) is 4.39 Å². The molecule has 0 saturated carbocycles. The third-order valence-corrected chi connectivity index (χ3v) is 4.09. The molecule has 0 aliphatic carbocycles. The highest BCUT2D eigenvalue weighted by atomic mass is 127. The van der Waals surface area contributed by atoms with Crippen LogP contribution in [0.5, 0.6) is 0 Å². The third-order valence-electron chi connectivity index (χ3n) is 2.86. The molecule has 0 N–H and O–H groups in total. The average molecular weight is 334 g/mol. The molecule has 1 aliphatic heterocycles. The predicted octanol–water partition coefficient (Wildman–Crippen LogP) is 3.18. The molecular weight excluding hydrogens is 322 g/mol. The largest absolute Gasteiger partial charge is 0.453 e. The van der Waals surface area contributed by atoms with Gasteiger partial charge in [-0.05, 0) is 30.5 Å². The number of halogens is 2. The maximum absolute atomic E-state index is 12.8. The zero-order valence-corrected chi connectivity index (χ0v) is 10.9. The van der Waals surface area contributed by atoms with E-state index in [0.29, 0.717) is 10.8 Å². The molecule has 1 atom stereocenters. The van der Waals surface area contributed by atoms with Crippen LogP contribution >= 0.6 is 22.6 Å². The van der Waals surface area contributed by atoms with Gasteiger partial charge in [-0.3, -0.25) is 4.79 Å². The number of ether oxygens (including phenoxy) is 1. The Morgan fingerprint density at radius 1 is 1.38 bits per heavy atom. The Labute approximate surface area is 107 Å². The minimum absolute atomic E-state index is 0.160. The molecule has 0 radical (unpaired) electrons. The molecule has 86 valence electrons. The van der Waals surface area contributed by atoms with Crippen molar-refractivity contribution in [2.45, 2.75) is 24.9 Å². The fourth-order valence-electron chi connectivity index (χ4n) is 1.97. The Kier molecular flexibility index (Phi) is 3.47. The Balaban J connectivity index is 2.33. The van der Waals surface area contributed by atoms with Gasteiger partial charge in [0.2, 0.25) is 0 Å². The first-order valence-electron chi connectivity index (χ1n) is 5.20. The normalized spacial score (nSPS) is 25.2. The molecule has 1 aromatic carbocycles. The Bertz CT molecular complexity index is 391. The number of carbonyl (C=O) groups excluding carboxylic acids is 1. The van der Waals surface area contributed by atoms with E-state index in [9.17, 15) is 9.18 Å². The van der Waals surface area contributed by atoms with E-state index in [1.165, 1.54) is 12.1 Å². The van der Waals surface area contributed by atoms with Crippen molar-refractivity contribution in [2.24, 2.45) is 0 Å². The smallest absolute Gasteiger partial charge is 0.306 e. The molecule has 2 rings (SSSR count). The van der Waals surface area contributed by atoms with Crippen LogP contribution in [0.25, 0.3) is 0 Å². The van der Waals surface area contributed by atoms with Crippen molar-refractivity contribution in [3.8, 4) is 0 Å². The summed E-state index contributed by atoms with van der Waals surface area (Å²) in [7, 11) is 0. The first-order valence-corrected chi connectivity index (χ1v) is 6.73. The van der Waals surface area contributed by atoms with Crippen molar-refractivity contribution < 1.29 is 13.9 Å². The summed E-state index contributed by atoms with van der Waals surface area (Å²) in [6, 6.07) is 6.22. The summed E-state index contributed by atoms with van der Waals surface area (Å²) in [6.45, 7) is 0. The molecule has 0 aromatic heterocycles. The van der Waals surface area contributed by atoms with Crippen LogP contribution in [0.15, 0.2) is 24.3 Å². The number of cyclic esters (lactones) is 1. The molecule has 0 unspecified atom stereocenters. The van der Waals surface area contributed by atoms with Crippen LogP contribution in [-0.4, -0.2) is 10.4 Å². The lowest BCUT2D eigenvalue weighted by Crippen LogP contribution is -2.37. The number of benzene rings is 1. The number of esters is 1. The molecular formula is C12H12FIO2. The lowest BCUT2D eigenvalue weighted by atomic mass is 9.88. The minimum atomic E-state index is -0.552. The van der Waals surface area contributed by atoms with Gasteiger partial charge in [-0.1, -0.05) is 34.7 Å². The number of rotatable bonds is 2. The second-order valence-corrected chi connectivity index (χ2v) is 4.73. The molecule has 16 heavy (non-hydrogen) atoms. The molecule has 0 amide bonds. The fourth-order valence-corrected chi connectivity index (χ4v) is 2.94. The predicted molar refractivity (Wildman–Crippen MR) is 66.9 cm³/mol. The maximum Gasteiger partial charge on any atom is 0.306 e. The second-order valence-electron chi connectivity index (χ2n) is 3.96. The highest BCUT2D eigenvalue weighted by Crippen LogP contribution is 2.37. The molecule has 1 heterocycles. The van der Waals surface area contributed by atoms with E-state index in [1.807, 2.05) is 0 Å². The third kappa shape index (κ3) is 2.21. The van der Waals surface area contributed by atoms with Gasteiger partial charge in [0.25, 0.3) is 0 Å². The van der Waals surface area contributed by atoms with Gasteiger partial charge >= 0.3 is 5.97 Å². The van der Waals surface area contributed by atoms with E-state index >= 15 is 0 Å². The zero-order valence-electron chi connectivity index (χ0n) is 8.71. The van der Waals surface area contributed by atoms with E-state index < -0.39 is 5.60 Å². The van der Waals surface area contributed by atoms with E-state index in [0.717, 1.165) is 18.4 Å². The number of hydrogen-bond acceptors (Lipinski definition) is 2. The number of hydrogen-bond donors (Lipinski definition) is 0. The summed E-state index contributed by atoms with van der Waals surface area (Å²) < 4.78 is 19.0. The number of carbonyl (C=O) groups is 1. The van der Waals surface area contributed by atoms with Gasteiger partial charge in [0.05, 0.1) is 0 Å². The van der Waals surface area contributed by atoms with Crippen molar-refractivity contribution in [3.63, 3.8) is 0 Å². The molecule has 0 spiro atoms. The van der Waals surface area contributed by atoms with Crippen molar-refractivity contribution in [1.82, 2.24) is 0 Å². The van der Waals surface area contributed by atoms with Crippen LogP contribution in [-0.2, 0) is 15.1 Å². The van der Waals surface area contributed by atoms with E-state index in [2.05, 4.69) is 22.6 Å². The lowest BCUT2D eigenvalue weighted by molar-refractivity contribution is -0.165. The van der Waals surface area contributed by atoms with Crippen LogP contribution in [0.2, 0.25) is 0 Å². The average Bonchev–Trinajstić information content (AvgIpc) is 2.29. The zero-order chi connectivity index (χ0) is 11.6. The van der Waals surface area contributed by atoms with Crippen LogP contribution < -0.4 is 0 Å². The first-order chi connectivity index (χ1) is 7.66. The molecule has 4 heteroatoms. The summed E-state index contributed by atoms with van der Waals surface area (Å²) in [5.41, 5.74) is 0.334. The van der Waals surface area contributed by atoms with E-state index in [1.54, 1.807) is 12.1 Å². The fraction of sp³-hybridized carbons (Fsp3) is 0.417. The summed E-state index contributed by atoms with van der Waals surface area (Å²) in [5, 5.41) is 0. The standard InChI is InChI=1S/C12H12FIO2/c13-10-5-3-9(4-6-10)12(8-14)7-1-2-11(15)16-12/h3-6H,1-2,7-8H2/t12-/m1/s1. The number of alkyl halides is 1. The highest BCUT2D eigenvalue weighted by molar-refractivity contribution is 14.1.